The van der Waals surface area contributed by atoms with E-state index in [0.717, 1.165) is 114 Å². The van der Waals surface area contributed by atoms with Gasteiger partial charge in [-0.1, -0.05) is 267 Å². The summed E-state index contributed by atoms with van der Waals surface area (Å²) in [6.45, 7) is 14.0. The van der Waals surface area contributed by atoms with E-state index < -0.39 is 97.5 Å². The first-order valence-electron chi connectivity index (χ1n) is 34.3. The van der Waals surface area contributed by atoms with Gasteiger partial charge in [-0.05, 0) is 49.4 Å². The van der Waals surface area contributed by atoms with Crippen molar-refractivity contribution in [2.75, 3.05) is 39.6 Å². The van der Waals surface area contributed by atoms with Crippen LogP contribution in [0.1, 0.15) is 319 Å². The Kier molecular flexibility index (Phi) is 54.8. The van der Waals surface area contributed by atoms with E-state index in [1.54, 1.807) is 0 Å². The van der Waals surface area contributed by atoms with Crippen molar-refractivity contribution in [3.05, 3.63) is 0 Å². The van der Waals surface area contributed by atoms with E-state index in [9.17, 15) is 43.2 Å². The molecular weight excluding hydrogens is 1130 g/mol. The quantitative estimate of drug-likeness (QED) is 0.0222. The second kappa shape index (κ2) is 56.1. The minimum absolute atomic E-state index is 0.101. The largest absolute Gasteiger partial charge is 0.472 e. The highest BCUT2D eigenvalue weighted by Crippen LogP contribution is 2.45. The summed E-state index contributed by atoms with van der Waals surface area (Å²) >= 11 is 0. The molecule has 0 aliphatic rings. The van der Waals surface area contributed by atoms with E-state index in [1.807, 2.05) is 0 Å². The van der Waals surface area contributed by atoms with Gasteiger partial charge in [0.25, 0.3) is 0 Å². The maximum atomic E-state index is 13.0. The average molecular weight is 1260 g/mol. The number of hydrogen-bond acceptors (Lipinski definition) is 15. The molecule has 19 heteroatoms. The lowest BCUT2D eigenvalue weighted by atomic mass is 9.99. The number of phosphoric acid groups is 2. The van der Waals surface area contributed by atoms with Crippen molar-refractivity contribution in [3.8, 4) is 0 Å². The van der Waals surface area contributed by atoms with Gasteiger partial charge in [-0.2, -0.15) is 0 Å². The summed E-state index contributed by atoms with van der Waals surface area (Å²) in [5.41, 5.74) is 0. The minimum Gasteiger partial charge on any atom is -0.462 e. The molecule has 0 rings (SSSR count). The van der Waals surface area contributed by atoms with Crippen molar-refractivity contribution in [1.29, 1.82) is 0 Å². The van der Waals surface area contributed by atoms with Crippen molar-refractivity contribution in [3.63, 3.8) is 0 Å². The summed E-state index contributed by atoms with van der Waals surface area (Å²) < 4.78 is 68.1. The predicted octanol–water partition coefficient (Wildman–Crippen LogP) is 18.1. The zero-order chi connectivity index (χ0) is 63.2. The van der Waals surface area contributed by atoms with Gasteiger partial charge in [-0.15, -0.1) is 0 Å². The van der Waals surface area contributed by atoms with Gasteiger partial charge in [-0.25, -0.2) is 9.13 Å². The fraction of sp³-hybridized carbons (Fsp3) is 0.939. The van der Waals surface area contributed by atoms with Gasteiger partial charge >= 0.3 is 39.5 Å². The van der Waals surface area contributed by atoms with Crippen LogP contribution in [0.2, 0.25) is 0 Å². The Hall–Kier alpha value is -1.94. The number of rotatable bonds is 63. The summed E-state index contributed by atoms with van der Waals surface area (Å²) in [4.78, 5) is 72.3. The molecule has 0 aromatic carbocycles. The summed E-state index contributed by atoms with van der Waals surface area (Å²) in [6, 6.07) is 0. The van der Waals surface area contributed by atoms with Crippen molar-refractivity contribution < 1.29 is 80.2 Å². The third-order valence-corrected chi connectivity index (χ3v) is 18.1. The summed E-state index contributed by atoms with van der Waals surface area (Å²) in [5, 5.41) is 10.5. The number of phosphoric ester groups is 2. The lowest BCUT2D eigenvalue weighted by Crippen LogP contribution is -2.30. The number of unbranched alkanes of at least 4 members (excludes halogenated alkanes) is 26. The zero-order valence-electron chi connectivity index (χ0n) is 55.2. The molecule has 0 radical (unpaired) electrons. The molecule has 0 aromatic rings. The second-order valence-corrected chi connectivity index (χ2v) is 28.0. The Bertz CT molecular complexity index is 1700. The molecule has 5 unspecified atom stereocenters. The van der Waals surface area contributed by atoms with Crippen LogP contribution >= 0.6 is 15.6 Å². The number of carbonyl (C=O) groups is 4. The fourth-order valence-electron chi connectivity index (χ4n) is 9.69. The number of esters is 4. The smallest absolute Gasteiger partial charge is 0.462 e. The lowest BCUT2D eigenvalue weighted by molar-refractivity contribution is -0.161. The molecule has 0 aliphatic carbocycles. The molecule has 0 saturated carbocycles. The van der Waals surface area contributed by atoms with Gasteiger partial charge in [0, 0.05) is 25.7 Å². The molecule has 0 saturated heterocycles. The third kappa shape index (κ3) is 57.0. The molecule has 0 amide bonds. The van der Waals surface area contributed by atoms with Crippen LogP contribution in [-0.4, -0.2) is 96.7 Å². The van der Waals surface area contributed by atoms with E-state index in [-0.39, 0.29) is 25.7 Å². The summed E-state index contributed by atoms with van der Waals surface area (Å²) in [5.74, 6) is 0.840. The number of hydrogen-bond donors (Lipinski definition) is 3. The van der Waals surface area contributed by atoms with Gasteiger partial charge in [0.15, 0.2) is 12.2 Å². The Morgan fingerprint density at radius 1 is 0.329 bits per heavy atom. The molecule has 0 aromatic heterocycles. The van der Waals surface area contributed by atoms with Crippen molar-refractivity contribution in [1.82, 2.24) is 0 Å². The molecule has 3 N–H and O–H groups in total. The van der Waals surface area contributed by atoms with Crippen molar-refractivity contribution >= 4 is 39.5 Å². The molecule has 8 atom stereocenters. The number of ether oxygens (including phenoxy) is 4. The molecule has 0 bridgehead atoms. The van der Waals surface area contributed by atoms with Gasteiger partial charge in [0.1, 0.15) is 19.3 Å². The second-order valence-electron chi connectivity index (χ2n) is 25.1. The highest BCUT2D eigenvalue weighted by atomic mass is 31.2. The van der Waals surface area contributed by atoms with Crippen molar-refractivity contribution in [2.24, 2.45) is 23.7 Å². The van der Waals surface area contributed by atoms with Gasteiger partial charge in [0.2, 0.25) is 0 Å². The third-order valence-electron chi connectivity index (χ3n) is 16.2. The highest BCUT2D eigenvalue weighted by molar-refractivity contribution is 7.47. The van der Waals surface area contributed by atoms with Crippen molar-refractivity contribution in [2.45, 2.75) is 337 Å². The zero-order valence-corrected chi connectivity index (χ0v) is 57.0. The van der Waals surface area contributed by atoms with Crippen LogP contribution < -0.4 is 0 Å². The fourth-order valence-corrected chi connectivity index (χ4v) is 11.3. The van der Waals surface area contributed by atoms with E-state index in [0.29, 0.717) is 31.6 Å². The number of carbonyl (C=O) groups excluding carboxylic acids is 4. The molecule has 85 heavy (non-hydrogen) atoms. The van der Waals surface area contributed by atoms with E-state index in [1.165, 1.54) is 116 Å². The van der Waals surface area contributed by atoms with Gasteiger partial charge in [-0.3, -0.25) is 37.3 Å². The Morgan fingerprint density at radius 2 is 0.565 bits per heavy atom. The number of aliphatic hydroxyl groups excluding tert-OH is 1. The maximum Gasteiger partial charge on any atom is 0.472 e. The maximum absolute atomic E-state index is 13.0. The lowest BCUT2D eigenvalue weighted by Gasteiger charge is -2.21. The molecule has 0 spiro atoms. The van der Waals surface area contributed by atoms with E-state index in [2.05, 4.69) is 55.4 Å². The Labute approximate surface area is 517 Å². The first kappa shape index (κ1) is 83.1. The summed E-state index contributed by atoms with van der Waals surface area (Å²) in [7, 11) is -9.89. The average Bonchev–Trinajstić information content (AvgIpc) is 3.58. The summed E-state index contributed by atoms with van der Waals surface area (Å²) in [6.07, 6.45) is 36.2. The SMILES string of the molecule is CCC(C)CCCCCCCCCCCCC(=O)O[C@H](COC(=O)CCCCCCCCCCC(C)CC)COP(=O)(O)OC[C@@H](O)COP(=O)(O)OC[C@@H](COC(=O)CCCCCCCCC(C)CC)OC(=O)CCCCCCCCC(C)C. The van der Waals surface area contributed by atoms with Crippen LogP contribution in [-0.2, 0) is 65.4 Å². The molecule has 17 nitrogen and oxygen atoms in total. The monoisotopic (exact) mass is 1250 g/mol. The first-order chi connectivity index (χ1) is 40.7. The van der Waals surface area contributed by atoms with E-state index >= 15 is 0 Å². The highest BCUT2D eigenvalue weighted by Gasteiger charge is 2.30. The van der Waals surface area contributed by atoms with Crippen LogP contribution in [0.15, 0.2) is 0 Å². The predicted molar refractivity (Wildman–Crippen MR) is 340 cm³/mol. The molecule has 0 fully saturated rings. The molecule has 504 valence electrons. The number of aliphatic hydroxyl groups is 1. The van der Waals surface area contributed by atoms with Crippen LogP contribution in [0.25, 0.3) is 0 Å². The minimum atomic E-state index is -4.95. The first-order valence-corrected chi connectivity index (χ1v) is 37.3. The van der Waals surface area contributed by atoms with Crippen LogP contribution in [0.4, 0.5) is 0 Å². The van der Waals surface area contributed by atoms with Crippen LogP contribution in [0.3, 0.4) is 0 Å². The van der Waals surface area contributed by atoms with Crippen LogP contribution in [0.5, 0.6) is 0 Å². The molecular formula is C66H128O17P2. The van der Waals surface area contributed by atoms with Crippen LogP contribution in [0, 0.1) is 23.7 Å². The topological polar surface area (TPSA) is 237 Å². The molecule has 0 heterocycles. The normalized spacial score (nSPS) is 15.3. The van der Waals surface area contributed by atoms with Gasteiger partial charge < -0.3 is 33.8 Å². The Morgan fingerprint density at radius 3 is 0.835 bits per heavy atom. The van der Waals surface area contributed by atoms with Gasteiger partial charge in [0.05, 0.1) is 26.4 Å². The molecule has 0 aliphatic heterocycles. The van der Waals surface area contributed by atoms with E-state index in [4.69, 9.17) is 37.0 Å². The standard InChI is InChI=1S/C66H128O17P2/c1-9-57(6)43-35-27-18-14-12-13-15-21-32-40-48-65(70)82-61(52-76-63(68)46-38-30-20-17-16-19-28-36-44-58(7)10-2)54-80-84(72,73)78-50-60(67)51-79-85(74,75)81-55-62(83-66(71)49-41-33-24-22-26-34-42-56(4)5)53-77-64(69)47-39-31-25-23-29-37-45-59(8)11-3/h56-62,67H,9-55H2,1-8H3,(H,72,73)(H,74,75)/t57?,58?,59?,60-,61-,62-/m1/s1. The Balaban J connectivity index is 5.26.